The molecule has 1 aromatic rings. The Hall–Kier alpha value is -1.31. The van der Waals surface area contributed by atoms with Gasteiger partial charge in [0.1, 0.15) is 0 Å². The van der Waals surface area contributed by atoms with Gasteiger partial charge < -0.3 is 10.0 Å². The van der Waals surface area contributed by atoms with Crippen LogP contribution in [-0.2, 0) is 11.3 Å². The number of rotatable bonds is 4. The molecule has 1 aliphatic rings. The summed E-state index contributed by atoms with van der Waals surface area (Å²) in [5, 5.41) is 10.7. The summed E-state index contributed by atoms with van der Waals surface area (Å²) in [6.07, 6.45) is 1.54. The predicted octanol–water partition coefficient (Wildman–Crippen LogP) is 2.10. The van der Waals surface area contributed by atoms with Crippen molar-refractivity contribution in [2.24, 2.45) is 11.8 Å². The van der Waals surface area contributed by atoms with Crippen molar-refractivity contribution in [1.82, 2.24) is 4.90 Å². The van der Waals surface area contributed by atoms with Crippen LogP contribution in [0.4, 0.5) is 0 Å². The molecule has 3 nitrogen and oxygen atoms in total. The molecule has 0 saturated heterocycles. The van der Waals surface area contributed by atoms with Gasteiger partial charge in [-0.2, -0.15) is 0 Å². The predicted molar refractivity (Wildman–Crippen MR) is 76.6 cm³/mol. The molecule has 4 heteroatoms. The minimum Gasteiger partial charge on any atom is -0.395 e. The van der Waals surface area contributed by atoms with Crippen molar-refractivity contribution in [3.8, 4) is 11.8 Å². The fraction of sp³-hybridized carbons (Fsp3) is 0.533. The van der Waals surface area contributed by atoms with Crippen molar-refractivity contribution in [3.63, 3.8) is 0 Å². The normalized spacial score (nSPS) is 20.6. The van der Waals surface area contributed by atoms with E-state index in [9.17, 15) is 4.79 Å². The highest BCUT2D eigenvalue weighted by Gasteiger charge is 2.40. The maximum absolute atomic E-state index is 12.0. The fourth-order valence-electron chi connectivity index (χ4n) is 2.03. The Morgan fingerprint density at radius 2 is 2.37 bits per heavy atom. The van der Waals surface area contributed by atoms with E-state index in [1.807, 2.05) is 18.5 Å². The average molecular weight is 277 g/mol. The largest absolute Gasteiger partial charge is 0.395 e. The van der Waals surface area contributed by atoms with Gasteiger partial charge in [0.15, 0.2) is 0 Å². The zero-order chi connectivity index (χ0) is 13.8. The Morgan fingerprint density at radius 3 is 3.00 bits per heavy atom. The molecular formula is C15H19NO2S. The maximum Gasteiger partial charge on any atom is 0.226 e. The molecule has 1 aromatic heterocycles. The minimum absolute atomic E-state index is 0.0993. The molecule has 2 rings (SSSR count). The summed E-state index contributed by atoms with van der Waals surface area (Å²) in [5.74, 6) is 6.97. The van der Waals surface area contributed by atoms with E-state index in [-0.39, 0.29) is 18.4 Å². The summed E-state index contributed by atoms with van der Waals surface area (Å²) in [6, 6.07) is 2.02. The molecule has 0 aliphatic heterocycles. The fourth-order valence-corrected chi connectivity index (χ4v) is 2.80. The van der Waals surface area contributed by atoms with E-state index in [0.29, 0.717) is 18.9 Å². The van der Waals surface area contributed by atoms with Crippen molar-refractivity contribution < 1.29 is 9.90 Å². The van der Waals surface area contributed by atoms with Crippen LogP contribution in [0.15, 0.2) is 11.4 Å². The van der Waals surface area contributed by atoms with Crippen molar-refractivity contribution in [3.05, 3.63) is 21.9 Å². The van der Waals surface area contributed by atoms with Crippen LogP contribution in [0.5, 0.6) is 0 Å². The van der Waals surface area contributed by atoms with E-state index >= 15 is 0 Å². The first-order valence-electron chi connectivity index (χ1n) is 6.54. The van der Waals surface area contributed by atoms with Gasteiger partial charge >= 0.3 is 0 Å². The van der Waals surface area contributed by atoms with Gasteiger partial charge in [0, 0.05) is 25.9 Å². The number of carbonyl (C=O) groups excluding carboxylic acids is 1. The molecule has 0 aromatic carbocycles. The number of hydrogen-bond acceptors (Lipinski definition) is 3. The summed E-state index contributed by atoms with van der Waals surface area (Å²) in [7, 11) is 1.86. The minimum atomic E-state index is 0.0993. The van der Waals surface area contributed by atoms with Gasteiger partial charge in [-0.15, -0.1) is 11.3 Å². The molecule has 1 saturated carbocycles. The first-order chi connectivity index (χ1) is 9.11. The number of carbonyl (C=O) groups is 1. The molecule has 2 unspecified atom stereocenters. The lowest BCUT2D eigenvalue weighted by atomic mass is 10.2. The van der Waals surface area contributed by atoms with Crippen LogP contribution in [0.1, 0.15) is 30.2 Å². The van der Waals surface area contributed by atoms with E-state index < -0.39 is 0 Å². The van der Waals surface area contributed by atoms with Crippen molar-refractivity contribution in [2.45, 2.75) is 26.3 Å². The summed E-state index contributed by atoms with van der Waals surface area (Å²) < 4.78 is 0. The van der Waals surface area contributed by atoms with Crippen molar-refractivity contribution in [1.29, 1.82) is 0 Å². The number of hydrogen-bond donors (Lipinski definition) is 1. The third-order valence-corrected chi connectivity index (χ3v) is 4.22. The molecule has 1 heterocycles. The second kappa shape index (κ2) is 6.23. The number of aliphatic hydroxyl groups is 1. The van der Waals surface area contributed by atoms with Gasteiger partial charge in [-0.25, -0.2) is 0 Å². The number of nitrogens with zero attached hydrogens (tertiary/aromatic N) is 1. The Balaban J connectivity index is 1.89. The van der Waals surface area contributed by atoms with Crippen molar-refractivity contribution in [2.75, 3.05) is 13.7 Å². The van der Waals surface area contributed by atoms with Crippen molar-refractivity contribution >= 4 is 17.2 Å². The Labute approximate surface area is 118 Å². The van der Waals surface area contributed by atoms with Gasteiger partial charge in [0.05, 0.1) is 11.5 Å². The van der Waals surface area contributed by atoms with Crippen LogP contribution in [0.3, 0.4) is 0 Å². The van der Waals surface area contributed by atoms with Crippen LogP contribution in [-0.4, -0.2) is 29.6 Å². The monoisotopic (exact) mass is 277 g/mol. The van der Waals surface area contributed by atoms with Crippen LogP contribution >= 0.6 is 11.3 Å². The lowest BCUT2D eigenvalue weighted by Crippen LogP contribution is -2.27. The number of thiophene rings is 1. The van der Waals surface area contributed by atoms with E-state index in [0.717, 1.165) is 16.9 Å². The van der Waals surface area contributed by atoms with E-state index in [1.54, 1.807) is 16.2 Å². The standard InChI is InChI=1S/C15H19NO2S/c1-11-7-14(11)15(18)16(2)9-12-8-13(19-10-12)5-3-4-6-17/h8,10-11,14,17H,4,6-7,9H2,1-2H3. The summed E-state index contributed by atoms with van der Waals surface area (Å²) in [4.78, 5) is 14.8. The van der Waals surface area contributed by atoms with E-state index in [1.165, 1.54) is 0 Å². The average Bonchev–Trinajstić information content (AvgIpc) is 2.94. The highest BCUT2D eigenvalue weighted by atomic mass is 32.1. The molecule has 1 fully saturated rings. The van der Waals surface area contributed by atoms with E-state index in [4.69, 9.17) is 5.11 Å². The molecule has 1 amide bonds. The first-order valence-corrected chi connectivity index (χ1v) is 7.42. The van der Waals surface area contributed by atoms with Gasteiger partial charge in [-0.05, 0) is 29.3 Å². The smallest absolute Gasteiger partial charge is 0.226 e. The topological polar surface area (TPSA) is 40.5 Å². The molecule has 1 N–H and O–H groups in total. The summed E-state index contributed by atoms with van der Waals surface area (Å²) in [5.41, 5.74) is 1.13. The first kappa shape index (κ1) is 14.1. The number of aliphatic hydroxyl groups excluding tert-OH is 1. The highest BCUT2D eigenvalue weighted by Crippen LogP contribution is 2.39. The summed E-state index contributed by atoms with van der Waals surface area (Å²) >= 11 is 1.59. The molecule has 0 spiro atoms. The zero-order valence-electron chi connectivity index (χ0n) is 11.3. The van der Waals surface area contributed by atoms with Gasteiger partial charge in [0.25, 0.3) is 0 Å². The molecule has 1 aliphatic carbocycles. The van der Waals surface area contributed by atoms with Gasteiger partial charge in [-0.1, -0.05) is 18.8 Å². The quantitative estimate of drug-likeness (QED) is 0.856. The molecule has 0 radical (unpaired) electrons. The Kier molecular flexibility index (Phi) is 4.62. The van der Waals surface area contributed by atoms with Gasteiger partial charge in [0.2, 0.25) is 5.91 Å². The zero-order valence-corrected chi connectivity index (χ0v) is 12.2. The third kappa shape index (κ3) is 3.82. The number of amides is 1. The lowest BCUT2D eigenvalue weighted by Gasteiger charge is -2.16. The molecule has 19 heavy (non-hydrogen) atoms. The molecule has 0 bridgehead atoms. The van der Waals surface area contributed by atoms with Crippen LogP contribution in [0.2, 0.25) is 0 Å². The maximum atomic E-state index is 12.0. The third-order valence-electron chi connectivity index (χ3n) is 3.32. The second-order valence-corrected chi connectivity index (χ2v) is 6.02. The highest BCUT2D eigenvalue weighted by molar-refractivity contribution is 7.10. The van der Waals surface area contributed by atoms with Crippen LogP contribution in [0.25, 0.3) is 0 Å². The van der Waals surface area contributed by atoms with Crippen LogP contribution < -0.4 is 0 Å². The van der Waals surface area contributed by atoms with Crippen LogP contribution in [0, 0.1) is 23.7 Å². The molecule has 102 valence electrons. The second-order valence-electron chi connectivity index (χ2n) is 5.11. The van der Waals surface area contributed by atoms with Gasteiger partial charge in [-0.3, -0.25) is 4.79 Å². The summed E-state index contributed by atoms with van der Waals surface area (Å²) in [6.45, 7) is 2.87. The molecule has 2 atom stereocenters. The lowest BCUT2D eigenvalue weighted by molar-refractivity contribution is -0.132. The Bertz CT molecular complexity index is 512. The Morgan fingerprint density at radius 1 is 1.63 bits per heavy atom. The van der Waals surface area contributed by atoms with E-state index in [2.05, 4.69) is 18.8 Å². The SMILES string of the molecule is CC1CC1C(=O)N(C)Cc1csc(C#CCCO)c1. The molecular weight excluding hydrogens is 258 g/mol.